The third-order valence-electron chi connectivity index (χ3n) is 2.89. The number of rotatable bonds is 5. The van der Waals surface area contributed by atoms with Gasteiger partial charge in [0.25, 0.3) is 0 Å². The summed E-state index contributed by atoms with van der Waals surface area (Å²) in [5, 5.41) is -0.423. The molecule has 2 aromatic rings. The normalized spacial score (nSPS) is 12.2. The minimum Gasteiger partial charge on any atom is -0.492 e. The second-order valence-corrected chi connectivity index (χ2v) is 6.81. The highest BCUT2D eigenvalue weighted by atomic mass is 79.9. The number of hydrogen-bond donors (Lipinski definition) is 0. The van der Waals surface area contributed by atoms with Crippen LogP contribution < -0.4 is 4.74 Å². The van der Waals surface area contributed by atoms with Gasteiger partial charge in [-0.05, 0) is 63.8 Å². The van der Waals surface area contributed by atoms with Gasteiger partial charge >= 0.3 is 0 Å². The topological polar surface area (TPSA) is 9.23 Å². The largest absolute Gasteiger partial charge is 0.492 e. The molecule has 2 aromatic carbocycles. The first kappa shape index (κ1) is 16.8. The summed E-state index contributed by atoms with van der Waals surface area (Å²) in [7, 11) is 0. The van der Waals surface area contributed by atoms with Gasteiger partial charge in [-0.2, -0.15) is 0 Å². The Balaban J connectivity index is 2.26. The van der Waals surface area contributed by atoms with Crippen molar-refractivity contribution < 1.29 is 9.13 Å². The molecule has 0 fully saturated rings. The Morgan fingerprint density at radius 2 is 1.90 bits per heavy atom. The van der Waals surface area contributed by atoms with E-state index in [1.54, 1.807) is 0 Å². The summed E-state index contributed by atoms with van der Waals surface area (Å²) >= 11 is 13.2. The highest BCUT2D eigenvalue weighted by Gasteiger charge is 2.14. The molecule has 5 heteroatoms. The summed E-state index contributed by atoms with van der Waals surface area (Å²) in [6.45, 7) is 2.72. The Labute approximate surface area is 145 Å². The molecular weight excluding hydrogens is 422 g/mol. The highest BCUT2D eigenvalue weighted by molar-refractivity contribution is 9.10. The van der Waals surface area contributed by atoms with E-state index in [1.165, 1.54) is 12.1 Å². The lowest BCUT2D eigenvalue weighted by atomic mass is 10.0. The molecule has 0 aromatic heterocycles. The van der Waals surface area contributed by atoms with Crippen LogP contribution in [0.1, 0.15) is 29.8 Å². The highest BCUT2D eigenvalue weighted by Crippen LogP contribution is 2.35. The zero-order chi connectivity index (χ0) is 15.4. The second-order valence-electron chi connectivity index (χ2n) is 4.60. The van der Waals surface area contributed by atoms with Crippen LogP contribution in [0.25, 0.3) is 0 Å². The van der Waals surface area contributed by atoms with E-state index >= 15 is 0 Å². The number of alkyl halides is 1. The third-order valence-corrected chi connectivity index (χ3v) is 4.47. The Kier molecular flexibility index (Phi) is 6.08. The molecule has 0 saturated heterocycles. The van der Waals surface area contributed by atoms with E-state index in [2.05, 4.69) is 38.8 Å². The molecule has 0 heterocycles. The van der Waals surface area contributed by atoms with Crippen LogP contribution in [-0.4, -0.2) is 6.61 Å². The van der Waals surface area contributed by atoms with Gasteiger partial charge in [0.1, 0.15) is 11.6 Å². The van der Waals surface area contributed by atoms with Crippen LogP contribution in [0.15, 0.2) is 45.3 Å². The number of benzene rings is 2. The molecule has 1 unspecified atom stereocenters. The quantitative estimate of drug-likeness (QED) is 0.488. The van der Waals surface area contributed by atoms with Crippen molar-refractivity contribution in [3.63, 3.8) is 0 Å². The molecule has 2 rings (SSSR count). The summed E-state index contributed by atoms with van der Waals surface area (Å²) < 4.78 is 20.6. The van der Waals surface area contributed by atoms with Crippen molar-refractivity contribution in [1.82, 2.24) is 0 Å². The van der Waals surface area contributed by atoms with Crippen LogP contribution in [0.2, 0.25) is 0 Å². The average molecular weight is 437 g/mol. The van der Waals surface area contributed by atoms with E-state index < -0.39 is 5.38 Å². The lowest BCUT2D eigenvalue weighted by Gasteiger charge is -2.14. The Hall–Kier alpha value is -0.580. The molecule has 1 nitrogen and oxygen atoms in total. The van der Waals surface area contributed by atoms with E-state index in [0.717, 1.165) is 22.2 Å². The number of halogens is 4. The summed E-state index contributed by atoms with van der Waals surface area (Å²) in [6.07, 6.45) is 0.948. The van der Waals surface area contributed by atoms with Gasteiger partial charge in [-0.3, -0.25) is 0 Å². The fraction of sp³-hybridized carbons (Fsp3) is 0.250. The molecule has 0 aliphatic rings. The summed E-state index contributed by atoms with van der Waals surface area (Å²) in [6, 6.07) is 10.3. The third kappa shape index (κ3) is 4.44. The van der Waals surface area contributed by atoms with Gasteiger partial charge < -0.3 is 4.74 Å². The maximum Gasteiger partial charge on any atom is 0.133 e. The van der Waals surface area contributed by atoms with Crippen molar-refractivity contribution in [2.24, 2.45) is 0 Å². The Morgan fingerprint density at radius 3 is 2.52 bits per heavy atom. The van der Waals surface area contributed by atoms with Gasteiger partial charge in [0, 0.05) is 4.47 Å². The molecule has 0 aliphatic carbocycles. The molecule has 0 amide bonds. The van der Waals surface area contributed by atoms with Gasteiger partial charge in [-0.1, -0.05) is 28.9 Å². The molecule has 21 heavy (non-hydrogen) atoms. The molecule has 0 N–H and O–H groups in total. The van der Waals surface area contributed by atoms with Crippen molar-refractivity contribution in [1.29, 1.82) is 0 Å². The summed E-state index contributed by atoms with van der Waals surface area (Å²) in [5.41, 5.74) is 1.59. The first-order chi connectivity index (χ1) is 10.0. The molecule has 112 valence electrons. The van der Waals surface area contributed by atoms with E-state index in [-0.39, 0.29) is 5.82 Å². The monoisotopic (exact) mass is 434 g/mol. The predicted molar refractivity (Wildman–Crippen MR) is 91.7 cm³/mol. The maximum absolute atomic E-state index is 13.5. The van der Waals surface area contributed by atoms with E-state index in [0.29, 0.717) is 16.6 Å². The van der Waals surface area contributed by atoms with Crippen molar-refractivity contribution in [3.05, 3.63) is 62.3 Å². The predicted octanol–water partition coefficient (Wildman–Crippen LogP) is 6.47. The Morgan fingerprint density at radius 1 is 1.14 bits per heavy atom. The van der Waals surface area contributed by atoms with E-state index in [9.17, 15) is 4.39 Å². The van der Waals surface area contributed by atoms with Crippen molar-refractivity contribution in [3.8, 4) is 5.75 Å². The smallest absolute Gasteiger partial charge is 0.133 e. The van der Waals surface area contributed by atoms with E-state index in [1.807, 2.05) is 24.3 Å². The van der Waals surface area contributed by atoms with Crippen LogP contribution in [0.4, 0.5) is 4.39 Å². The average Bonchev–Trinajstić information content (AvgIpc) is 2.44. The first-order valence-electron chi connectivity index (χ1n) is 6.53. The SMILES string of the molecule is CCCOc1ccc(C(Cl)c2cc(F)cc(Br)c2)cc1Br. The van der Waals surface area contributed by atoms with Crippen LogP contribution >= 0.6 is 43.5 Å². The van der Waals surface area contributed by atoms with Crippen molar-refractivity contribution in [2.75, 3.05) is 6.61 Å². The standard InChI is InChI=1S/C16H14Br2ClFO/c1-2-5-21-15-4-3-10(8-14(15)18)16(19)11-6-12(17)9-13(20)7-11/h3-4,6-9,16H,2,5H2,1H3. The van der Waals surface area contributed by atoms with Crippen LogP contribution in [0, 0.1) is 5.82 Å². The van der Waals surface area contributed by atoms with Gasteiger partial charge in [0.05, 0.1) is 16.5 Å². The molecule has 0 aliphatic heterocycles. The zero-order valence-electron chi connectivity index (χ0n) is 11.4. The molecular formula is C16H14Br2ClFO. The minimum atomic E-state index is -0.423. The molecule has 0 saturated carbocycles. The molecule has 0 spiro atoms. The lowest BCUT2D eigenvalue weighted by Crippen LogP contribution is -1.98. The lowest BCUT2D eigenvalue weighted by molar-refractivity contribution is 0.315. The van der Waals surface area contributed by atoms with E-state index in [4.69, 9.17) is 16.3 Å². The molecule has 1 atom stereocenters. The van der Waals surface area contributed by atoms with Crippen molar-refractivity contribution in [2.45, 2.75) is 18.7 Å². The fourth-order valence-corrected chi connectivity index (χ4v) is 3.17. The van der Waals surface area contributed by atoms with Gasteiger partial charge in [0.15, 0.2) is 0 Å². The Bertz CT molecular complexity index is 613. The van der Waals surface area contributed by atoms with Gasteiger partial charge in [0.2, 0.25) is 0 Å². The van der Waals surface area contributed by atoms with Gasteiger partial charge in [-0.15, -0.1) is 11.6 Å². The van der Waals surface area contributed by atoms with Gasteiger partial charge in [-0.25, -0.2) is 4.39 Å². The maximum atomic E-state index is 13.5. The molecule has 0 radical (unpaired) electrons. The van der Waals surface area contributed by atoms with Crippen molar-refractivity contribution >= 4 is 43.5 Å². The van der Waals surface area contributed by atoms with Crippen LogP contribution in [-0.2, 0) is 0 Å². The second kappa shape index (κ2) is 7.61. The number of ether oxygens (including phenoxy) is 1. The first-order valence-corrected chi connectivity index (χ1v) is 8.55. The minimum absolute atomic E-state index is 0.313. The fourth-order valence-electron chi connectivity index (χ4n) is 1.92. The summed E-state index contributed by atoms with van der Waals surface area (Å²) in [4.78, 5) is 0. The van der Waals surface area contributed by atoms with Crippen LogP contribution in [0.3, 0.4) is 0 Å². The zero-order valence-corrected chi connectivity index (χ0v) is 15.3. The molecule has 0 bridgehead atoms. The summed E-state index contributed by atoms with van der Waals surface area (Å²) in [5.74, 6) is 0.469. The van der Waals surface area contributed by atoms with Crippen LogP contribution in [0.5, 0.6) is 5.75 Å². The number of hydrogen-bond acceptors (Lipinski definition) is 1.